The summed E-state index contributed by atoms with van der Waals surface area (Å²) in [5, 5.41) is 12.4. The molecule has 0 spiro atoms. The van der Waals surface area contributed by atoms with E-state index in [1.165, 1.54) is 0 Å². The average molecular weight is 266 g/mol. The number of carboxylic acids is 1. The standard InChI is InChI=1S/C14H22N2O3/c1-2-8-6-11(8)15-14(19)16-7-9-4-3-5-10(9)12(16)13(17)18/h8-12H,2-7H2,1H3,(H,15,19)(H,17,18). The molecule has 5 heteroatoms. The van der Waals surface area contributed by atoms with Crippen LogP contribution in [0, 0.1) is 17.8 Å². The number of aliphatic carboxylic acids is 1. The summed E-state index contributed by atoms with van der Waals surface area (Å²) in [7, 11) is 0. The van der Waals surface area contributed by atoms with Gasteiger partial charge in [-0.05, 0) is 37.0 Å². The third-order valence-electron chi connectivity index (χ3n) is 5.16. The summed E-state index contributed by atoms with van der Waals surface area (Å²) < 4.78 is 0. The molecule has 2 N–H and O–H groups in total. The predicted molar refractivity (Wildman–Crippen MR) is 69.7 cm³/mol. The summed E-state index contributed by atoms with van der Waals surface area (Å²) in [6.07, 6.45) is 5.25. The van der Waals surface area contributed by atoms with Crippen LogP contribution in [0.25, 0.3) is 0 Å². The van der Waals surface area contributed by atoms with E-state index in [0.717, 1.165) is 32.1 Å². The van der Waals surface area contributed by atoms with Gasteiger partial charge in [0.25, 0.3) is 0 Å². The van der Waals surface area contributed by atoms with Crippen LogP contribution in [0.3, 0.4) is 0 Å². The molecule has 5 atom stereocenters. The van der Waals surface area contributed by atoms with Gasteiger partial charge < -0.3 is 15.3 Å². The number of carbonyl (C=O) groups is 2. The first-order chi connectivity index (χ1) is 9.11. The second-order valence-corrected chi connectivity index (χ2v) is 6.25. The fourth-order valence-electron chi connectivity index (χ4n) is 3.95. The van der Waals surface area contributed by atoms with Crippen molar-refractivity contribution in [1.29, 1.82) is 0 Å². The van der Waals surface area contributed by atoms with Crippen LogP contribution in [-0.2, 0) is 4.79 Å². The zero-order valence-electron chi connectivity index (χ0n) is 11.3. The van der Waals surface area contributed by atoms with Crippen molar-refractivity contribution in [3.05, 3.63) is 0 Å². The van der Waals surface area contributed by atoms with Gasteiger partial charge in [0.1, 0.15) is 6.04 Å². The molecule has 0 radical (unpaired) electrons. The molecule has 106 valence electrons. The van der Waals surface area contributed by atoms with Crippen molar-refractivity contribution in [3.8, 4) is 0 Å². The van der Waals surface area contributed by atoms with Crippen LogP contribution in [0.2, 0.25) is 0 Å². The van der Waals surface area contributed by atoms with E-state index in [2.05, 4.69) is 12.2 Å². The number of likely N-dealkylation sites (tertiary alicyclic amines) is 1. The first kappa shape index (κ1) is 12.8. The highest BCUT2D eigenvalue weighted by atomic mass is 16.4. The number of nitrogens with one attached hydrogen (secondary N) is 1. The lowest BCUT2D eigenvalue weighted by Crippen LogP contribution is -2.48. The fraction of sp³-hybridized carbons (Fsp3) is 0.857. The second-order valence-electron chi connectivity index (χ2n) is 6.25. The number of fused-ring (bicyclic) bond motifs is 1. The molecule has 19 heavy (non-hydrogen) atoms. The Morgan fingerprint density at radius 1 is 1.37 bits per heavy atom. The van der Waals surface area contributed by atoms with Gasteiger partial charge in [-0.1, -0.05) is 19.8 Å². The fourth-order valence-corrected chi connectivity index (χ4v) is 3.95. The van der Waals surface area contributed by atoms with Crippen LogP contribution in [0.4, 0.5) is 4.79 Å². The van der Waals surface area contributed by atoms with Crippen molar-refractivity contribution in [1.82, 2.24) is 10.2 Å². The minimum atomic E-state index is -0.840. The molecule has 2 saturated carbocycles. The molecule has 3 rings (SSSR count). The molecule has 1 saturated heterocycles. The van der Waals surface area contributed by atoms with Crippen LogP contribution in [0.1, 0.15) is 39.0 Å². The van der Waals surface area contributed by atoms with Gasteiger partial charge >= 0.3 is 12.0 Å². The largest absolute Gasteiger partial charge is 0.480 e. The monoisotopic (exact) mass is 266 g/mol. The number of rotatable bonds is 3. The maximum absolute atomic E-state index is 12.3. The normalized spacial score (nSPS) is 40.1. The van der Waals surface area contributed by atoms with Gasteiger partial charge in [-0.3, -0.25) is 0 Å². The van der Waals surface area contributed by atoms with Gasteiger partial charge in [0.05, 0.1) is 0 Å². The van der Waals surface area contributed by atoms with E-state index in [-0.39, 0.29) is 18.0 Å². The van der Waals surface area contributed by atoms with E-state index in [0.29, 0.717) is 18.4 Å². The molecular weight excluding hydrogens is 244 g/mol. The first-order valence-electron chi connectivity index (χ1n) is 7.41. The third-order valence-corrected chi connectivity index (χ3v) is 5.16. The summed E-state index contributed by atoms with van der Waals surface area (Å²) in [5.41, 5.74) is 0. The molecule has 5 unspecified atom stereocenters. The van der Waals surface area contributed by atoms with E-state index < -0.39 is 12.0 Å². The van der Waals surface area contributed by atoms with Crippen LogP contribution in [-0.4, -0.2) is 40.6 Å². The van der Waals surface area contributed by atoms with Crippen molar-refractivity contribution in [2.45, 2.75) is 51.1 Å². The minimum absolute atomic E-state index is 0.164. The molecular formula is C14H22N2O3. The highest BCUT2D eigenvalue weighted by Gasteiger charge is 2.50. The summed E-state index contributed by atoms with van der Waals surface area (Å²) in [6, 6.07) is -0.499. The Balaban J connectivity index is 1.66. The molecule has 1 heterocycles. The van der Waals surface area contributed by atoms with E-state index in [4.69, 9.17) is 0 Å². The van der Waals surface area contributed by atoms with E-state index >= 15 is 0 Å². The Morgan fingerprint density at radius 3 is 2.79 bits per heavy atom. The minimum Gasteiger partial charge on any atom is -0.480 e. The Kier molecular flexibility index (Phi) is 3.15. The summed E-state index contributed by atoms with van der Waals surface area (Å²) in [5.74, 6) is 0.319. The van der Waals surface area contributed by atoms with Crippen LogP contribution in [0.15, 0.2) is 0 Å². The number of nitrogens with zero attached hydrogens (tertiary/aromatic N) is 1. The molecule has 2 amide bonds. The van der Waals surface area contributed by atoms with Crippen molar-refractivity contribution in [3.63, 3.8) is 0 Å². The molecule has 0 aromatic rings. The topological polar surface area (TPSA) is 69.6 Å². The van der Waals surface area contributed by atoms with Crippen LogP contribution in [0.5, 0.6) is 0 Å². The number of hydrogen-bond donors (Lipinski definition) is 2. The van der Waals surface area contributed by atoms with Gasteiger partial charge in [0, 0.05) is 12.6 Å². The van der Waals surface area contributed by atoms with Crippen molar-refractivity contribution in [2.75, 3.05) is 6.54 Å². The lowest BCUT2D eigenvalue weighted by Gasteiger charge is -2.24. The van der Waals surface area contributed by atoms with Gasteiger partial charge in [-0.2, -0.15) is 0 Å². The smallest absolute Gasteiger partial charge is 0.326 e. The average Bonchev–Trinajstić information content (AvgIpc) is 2.80. The van der Waals surface area contributed by atoms with Crippen molar-refractivity contribution >= 4 is 12.0 Å². The number of carbonyl (C=O) groups excluding carboxylic acids is 1. The molecule has 0 aromatic heterocycles. The number of amides is 2. The highest BCUT2D eigenvalue weighted by molar-refractivity contribution is 5.84. The maximum atomic E-state index is 12.3. The lowest BCUT2D eigenvalue weighted by atomic mass is 9.94. The quantitative estimate of drug-likeness (QED) is 0.816. The molecule has 0 aromatic carbocycles. The zero-order valence-corrected chi connectivity index (χ0v) is 11.3. The second kappa shape index (κ2) is 4.69. The van der Waals surface area contributed by atoms with Crippen molar-refractivity contribution in [2.24, 2.45) is 17.8 Å². The van der Waals surface area contributed by atoms with Gasteiger partial charge in [0.15, 0.2) is 0 Å². The lowest BCUT2D eigenvalue weighted by molar-refractivity contribution is -0.142. The summed E-state index contributed by atoms with van der Waals surface area (Å²) >= 11 is 0. The highest BCUT2D eigenvalue weighted by Crippen LogP contribution is 2.42. The molecule has 0 bridgehead atoms. The van der Waals surface area contributed by atoms with Crippen LogP contribution < -0.4 is 5.32 Å². The van der Waals surface area contributed by atoms with Gasteiger partial charge in [0.2, 0.25) is 0 Å². The molecule has 1 aliphatic heterocycles. The molecule has 3 aliphatic rings. The number of urea groups is 1. The Labute approximate surface area is 113 Å². The van der Waals surface area contributed by atoms with E-state index in [9.17, 15) is 14.7 Å². The van der Waals surface area contributed by atoms with E-state index in [1.807, 2.05) is 0 Å². The summed E-state index contributed by atoms with van der Waals surface area (Å²) in [4.78, 5) is 25.3. The maximum Gasteiger partial charge on any atom is 0.326 e. The SMILES string of the molecule is CCC1CC1NC(=O)N1CC2CCCC2C1C(=O)O. The first-order valence-corrected chi connectivity index (χ1v) is 7.41. The Hall–Kier alpha value is -1.26. The van der Waals surface area contributed by atoms with E-state index in [1.54, 1.807) is 4.90 Å². The van der Waals surface area contributed by atoms with Gasteiger partial charge in [-0.15, -0.1) is 0 Å². The predicted octanol–water partition coefficient (Wildman–Crippen LogP) is 1.68. The Morgan fingerprint density at radius 2 is 2.16 bits per heavy atom. The number of carboxylic acid groups (broad SMARTS) is 1. The third kappa shape index (κ3) is 2.19. The zero-order chi connectivity index (χ0) is 13.6. The molecule has 3 fully saturated rings. The van der Waals surface area contributed by atoms with Gasteiger partial charge in [-0.25, -0.2) is 9.59 Å². The molecule has 5 nitrogen and oxygen atoms in total. The van der Waals surface area contributed by atoms with Crippen molar-refractivity contribution < 1.29 is 14.7 Å². The molecule has 2 aliphatic carbocycles. The Bertz CT molecular complexity index is 398. The summed E-state index contributed by atoms with van der Waals surface area (Å²) in [6.45, 7) is 2.74. The van der Waals surface area contributed by atoms with Crippen LogP contribution >= 0.6 is 0 Å². The number of hydrogen-bond acceptors (Lipinski definition) is 2.